The molecule has 0 atom stereocenters. The first kappa shape index (κ1) is 16.2. The number of aromatic nitrogens is 1. The SMILES string of the molecule is CC(C)NCc1ccnc(N2CCN(S(C)(=O)=O)CC2)c1. The molecule has 6 nitrogen and oxygen atoms in total. The summed E-state index contributed by atoms with van der Waals surface area (Å²) in [4.78, 5) is 6.55. The van der Waals surface area contributed by atoms with Crippen molar-refractivity contribution in [1.82, 2.24) is 14.6 Å². The molecular formula is C14H24N4O2S. The number of anilines is 1. The molecule has 1 N–H and O–H groups in total. The summed E-state index contributed by atoms with van der Waals surface area (Å²) in [6, 6.07) is 4.52. The van der Waals surface area contributed by atoms with E-state index in [9.17, 15) is 8.42 Å². The van der Waals surface area contributed by atoms with Gasteiger partial charge in [-0.3, -0.25) is 0 Å². The van der Waals surface area contributed by atoms with Crippen molar-refractivity contribution >= 4 is 15.8 Å². The molecule has 118 valence electrons. The zero-order valence-electron chi connectivity index (χ0n) is 12.9. The summed E-state index contributed by atoms with van der Waals surface area (Å²) in [5, 5.41) is 3.39. The zero-order chi connectivity index (χ0) is 15.5. The molecule has 0 amide bonds. The maximum absolute atomic E-state index is 11.5. The Morgan fingerprint density at radius 3 is 2.52 bits per heavy atom. The summed E-state index contributed by atoms with van der Waals surface area (Å²) in [7, 11) is -3.08. The molecule has 21 heavy (non-hydrogen) atoms. The average Bonchev–Trinajstić information content (AvgIpc) is 2.45. The largest absolute Gasteiger partial charge is 0.354 e. The van der Waals surface area contributed by atoms with Crippen LogP contribution < -0.4 is 10.2 Å². The van der Waals surface area contributed by atoms with Gasteiger partial charge in [0.1, 0.15) is 5.82 Å². The van der Waals surface area contributed by atoms with E-state index in [1.807, 2.05) is 12.3 Å². The normalized spacial score (nSPS) is 17.4. The molecule has 1 fully saturated rings. The summed E-state index contributed by atoms with van der Waals surface area (Å²) in [6.45, 7) is 7.46. The Kier molecular flexibility index (Phi) is 5.18. The van der Waals surface area contributed by atoms with Crippen LogP contribution >= 0.6 is 0 Å². The minimum atomic E-state index is -3.08. The Bertz CT molecular complexity index is 566. The molecule has 0 spiro atoms. The van der Waals surface area contributed by atoms with E-state index in [2.05, 4.69) is 35.1 Å². The minimum Gasteiger partial charge on any atom is -0.354 e. The lowest BCUT2D eigenvalue weighted by Gasteiger charge is -2.34. The third kappa shape index (κ3) is 4.66. The van der Waals surface area contributed by atoms with Gasteiger partial charge >= 0.3 is 0 Å². The summed E-state index contributed by atoms with van der Waals surface area (Å²) < 4.78 is 24.6. The smallest absolute Gasteiger partial charge is 0.211 e. The lowest BCUT2D eigenvalue weighted by Crippen LogP contribution is -2.48. The van der Waals surface area contributed by atoms with Gasteiger partial charge in [0.25, 0.3) is 0 Å². The fourth-order valence-corrected chi connectivity index (χ4v) is 3.14. The van der Waals surface area contributed by atoms with Gasteiger partial charge in [-0.2, -0.15) is 4.31 Å². The second kappa shape index (κ2) is 6.72. The van der Waals surface area contributed by atoms with Crippen LogP contribution in [0.15, 0.2) is 18.3 Å². The highest BCUT2D eigenvalue weighted by Crippen LogP contribution is 2.16. The van der Waals surface area contributed by atoms with Gasteiger partial charge in [-0.05, 0) is 17.7 Å². The van der Waals surface area contributed by atoms with Crippen LogP contribution in [0.2, 0.25) is 0 Å². The van der Waals surface area contributed by atoms with E-state index < -0.39 is 10.0 Å². The standard InChI is InChI=1S/C14H24N4O2S/c1-12(2)16-11-13-4-5-15-14(10-13)17-6-8-18(9-7-17)21(3,19)20/h4-5,10,12,16H,6-9,11H2,1-3H3. The molecule has 0 bridgehead atoms. The maximum Gasteiger partial charge on any atom is 0.211 e. The van der Waals surface area contributed by atoms with Crippen LogP contribution in [0.3, 0.4) is 0 Å². The lowest BCUT2D eigenvalue weighted by molar-refractivity contribution is 0.387. The second-order valence-corrected chi connectivity index (χ2v) is 7.69. The molecule has 1 aromatic rings. The van der Waals surface area contributed by atoms with Gasteiger partial charge in [-0.25, -0.2) is 13.4 Å². The molecule has 1 aliphatic rings. The summed E-state index contributed by atoms with van der Waals surface area (Å²) >= 11 is 0. The topological polar surface area (TPSA) is 65.5 Å². The fraction of sp³-hybridized carbons (Fsp3) is 0.643. The minimum absolute atomic E-state index is 0.444. The van der Waals surface area contributed by atoms with Gasteiger partial charge in [0.15, 0.2) is 0 Å². The molecule has 0 aromatic carbocycles. The molecule has 0 saturated carbocycles. The number of piperazine rings is 1. The van der Waals surface area contributed by atoms with Crippen molar-refractivity contribution in [2.75, 3.05) is 37.3 Å². The molecule has 0 aliphatic carbocycles. The highest BCUT2D eigenvalue weighted by molar-refractivity contribution is 7.88. The Balaban J connectivity index is 1.98. The van der Waals surface area contributed by atoms with Gasteiger partial charge in [-0.1, -0.05) is 13.8 Å². The fourth-order valence-electron chi connectivity index (χ4n) is 2.31. The number of nitrogens with one attached hydrogen (secondary N) is 1. The number of nitrogens with zero attached hydrogens (tertiary/aromatic N) is 3. The van der Waals surface area contributed by atoms with Crippen LogP contribution in [-0.2, 0) is 16.6 Å². The van der Waals surface area contributed by atoms with Crippen molar-refractivity contribution in [2.24, 2.45) is 0 Å². The van der Waals surface area contributed by atoms with Gasteiger partial charge in [-0.15, -0.1) is 0 Å². The summed E-state index contributed by atoms with van der Waals surface area (Å²) in [6.07, 6.45) is 3.08. The van der Waals surface area contributed by atoms with Gasteiger partial charge in [0.05, 0.1) is 6.26 Å². The van der Waals surface area contributed by atoms with Crippen LogP contribution in [0.25, 0.3) is 0 Å². The van der Waals surface area contributed by atoms with E-state index in [1.54, 1.807) is 0 Å². The third-order valence-corrected chi connectivity index (χ3v) is 4.86. The number of hydrogen-bond donors (Lipinski definition) is 1. The molecule has 0 unspecified atom stereocenters. The highest BCUT2D eigenvalue weighted by Gasteiger charge is 2.23. The first-order valence-electron chi connectivity index (χ1n) is 7.24. The van der Waals surface area contributed by atoms with E-state index >= 15 is 0 Å². The molecule has 2 rings (SSSR count). The van der Waals surface area contributed by atoms with Gasteiger partial charge in [0.2, 0.25) is 10.0 Å². The number of sulfonamides is 1. The van der Waals surface area contributed by atoms with Crippen LogP contribution in [0.1, 0.15) is 19.4 Å². The van der Waals surface area contributed by atoms with Crippen molar-refractivity contribution in [3.63, 3.8) is 0 Å². The lowest BCUT2D eigenvalue weighted by atomic mass is 10.2. The molecular weight excluding hydrogens is 288 g/mol. The van der Waals surface area contributed by atoms with E-state index in [0.717, 1.165) is 12.4 Å². The predicted octanol–water partition coefficient (Wildman–Crippen LogP) is 0.661. The van der Waals surface area contributed by atoms with Crippen molar-refractivity contribution < 1.29 is 8.42 Å². The van der Waals surface area contributed by atoms with Crippen LogP contribution in [0, 0.1) is 0 Å². The zero-order valence-corrected chi connectivity index (χ0v) is 13.7. The van der Waals surface area contributed by atoms with Crippen molar-refractivity contribution in [2.45, 2.75) is 26.4 Å². The predicted molar refractivity (Wildman–Crippen MR) is 84.8 cm³/mol. The van der Waals surface area contributed by atoms with E-state index in [1.165, 1.54) is 16.1 Å². The highest BCUT2D eigenvalue weighted by atomic mass is 32.2. The van der Waals surface area contributed by atoms with E-state index in [-0.39, 0.29) is 0 Å². The molecule has 1 saturated heterocycles. The van der Waals surface area contributed by atoms with Crippen molar-refractivity contribution in [3.8, 4) is 0 Å². The quantitative estimate of drug-likeness (QED) is 0.865. The van der Waals surface area contributed by atoms with Crippen LogP contribution in [0.5, 0.6) is 0 Å². The molecule has 1 aliphatic heterocycles. The summed E-state index contributed by atoms with van der Waals surface area (Å²) in [5.74, 6) is 0.922. The Labute approximate surface area is 127 Å². The van der Waals surface area contributed by atoms with Crippen LogP contribution in [0.4, 0.5) is 5.82 Å². The monoisotopic (exact) mass is 312 g/mol. The van der Waals surface area contributed by atoms with Crippen LogP contribution in [-0.4, -0.2) is 56.2 Å². The maximum atomic E-state index is 11.5. The molecule has 0 radical (unpaired) electrons. The van der Waals surface area contributed by atoms with Gasteiger partial charge < -0.3 is 10.2 Å². The van der Waals surface area contributed by atoms with Gasteiger partial charge in [0, 0.05) is 45.0 Å². The van der Waals surface area contributed by atoms with Crippen molar-refractivity contribution in [3.05, 3.63) is 23.9 Å². The van der Waals surface area contributed by atoms with Crippen molar-refractivity contribution in [1.29, 1.82) is 0 Å². The summed E-state index contributed by atoms with van der Waals surface area (Å²) in [5.41, 5.74) is 1.19. The van der Waals surface area contributed by atoms with E-state index in [0.29, 0.717) is 32.2 Å². The Morgan fingerprint density at radius 1 is 1.29 bits per heavy atom. The average molecular weight is 312 g/mol. The first-order chi connectivity index (χ1) is 9.86. The number of rotatable bonds is 5. The molecule has 1 aromatic heterocycles. The molecule has 7 heteroatoms. The third-order valence-electron chi connectivity index (χ3n) is 3.56. The number of pyridine rings is 1. The number of hydrogen-bond acceptors (Lipinski definition) is 5. The van der Waals surface area contributed by atoms with E-state index in [4.69, 9.17) is 0 Å². The first-order valence-corrected chi connectivity index (χ1v) is 9.09. The second-order valence-electron chi connectivity index (χ2n) is 5.71. The Hall–Kier alpha value is -1.18. The Morgan fingerprint density at radius 2 is 1.95 bits per heavy atom. The molecule has 2 heterocycles.